The Hall–Kier alpha value is -1.12. The Morgan fingerprint density at radius 3 is 2.78 bits per heavy atom. The molecular weight excluding hydrogens is 224 g/mol. The molecule has 1 aromatic rings. The van der Waals surface area contributed by atoms with Crippen molar-refractivity contribution in [3.63, 3.8) is 0 Å². The lowest BCUT2D eigenvalue weighted by Crippen LogP contribution is -2.04. The average molecular weight is 246 g/mol. The molecule has 0 aliphatic carbocycles. The summed E-state index contributed by atoms with van der Waals surface area (Å²) >= 11 is 0. The van der Waals surface area contributed by atoms with Gasteiger partial charge in [-0.3, -0.25) is 0 Å². The monoisotopic (exact) mass is 246 g/mol. The van der Waals surface area contributed by atoms with Gasteiger partial charge in [0.1, 0.15) is 6.10 Å². The lowest BCUT2D eigenvalue weighted by Gasteiger charge is -2.01. The van der Waals surface area contributed by atoms with Gasteiger partial charge in [-0.25, -0.2) is 0 Å². The Morgan fingerprint density at radius 2 is 2.00 bits per heavy atom. The minimum atomic E-state index is 0.323. The fourth-order valence-electron chi connectivity index (χ4n) is 1.99. The molecule has 2 heteroatoms. The van der Waals surface area contributed by atoms with E-state index in [-0.39, 0.29) is 0 Å². The van der Waals surface area contributed by atoms with Crippen LogP contribution in [-0.4, -0.2) is 18.8 Å². The third-order valence-corrected chi connectivity index (χ3v) is 3.10. The largest absolute Gasteiger partial charge is 0.374 e. The quantitative estimate of drug-likeness (QED) is 0.515. The molecule has 1 saturated heterocycles. The van der Waals surface area contributed by atoms with E-state index >= 15 is 0 Å². The maximum atomic E-state index is 5.66. The van der Waals surface area contributed by atoms with Gasteiger partial charge in [-0.05, 0) is 24.8 Å². The van der Waals surface area contributed by atoms with Crippen molar-refractivity contribution in [2.75, 3.05) is 6.61 Å². The molecule has 0 aromatic heterocycles. The summed E-state index contributed by atoms with van der Waals surface area (Å²) in [6.07, 6.45) is 8.55. The maximum Gasteiger partial charge on any atom is 0.107 e. The van der Waals surface area contributed by atoms with E-state index in [4.69, 9.17) is 9.47 Å². The van der Waals surface area contributed by atoms with Crippen molar-refractivity contribution in [2.24, 2.45) is 0 Å². The molecule has 2 atom stereocenters. The van der Waals surface area contributed by atoms with Crippen molar-refractivity contribution in [1.29, 1.82) is 0 Å². The van der Waals surface area contributed by atoms with E-state index in [0.29, 0.717) is 18.8 Å². The van der Waals surface area contributed by atoms with Crippen LogP contribution < -0.4 is 0 Å². The van der Waals surface area contributed by atoms with E-state index in [2.05, 4.69) is 31.2 Å². The third-order valence-electron chi connectivity index (χ3n) is 3.10. The molecule has 2 rings (SSSR count). The number of rotatable bonds is 8. The molecule has 18 heavy (non-hydrogen) atoms. The molecule has 0 bridgehead atoms. The molecule has 1 fully saturated rings. The maximum absolute atomic E-state index is 5.66. The molecule has 98 valence electrons. The van der Waals surface area contributed by atoms with E-state index in [1.54, 1.807) is 0 Å². The standard InChI is InChI=1S/C16H22O2/c1-2-3-4-8-11-15-16(18-15)13-17-12-14-9-6-5-7-10-14/h3-7,9-10,15-16H,2,8,11-13H2,1H3/b4-3-/t15-,16-/m0/s1. The number of benzene rings is 1. The van der Waals surface area contributed by atoms with Gasteiger partial charge >= 0.3 is 0 Å². The highest BCUT2D eigenvalue weighted by Crippen LogP contribution is 2.27. The molecule has 0 radical (unpaired) electrons. The van der Waals surface area contributed by atoms with Gasteiger partial charge in [0.25, 0.3) is 0 Å². The van der Waals surface area contributed by atoms with E-state index in [1.165, 1.54) is 5.56 Å². The van der Waals surface area contributed by atoms with E-state index in [0.717, 1.165) is 25.9 Å². The predicted octanol–water partition coefficient (Wildman–Crippen LogP) is 3.72. The summed E-state index contributed by atoms with van der Waals surface area (Å²) in [6, 6.07) is 10.3. The minimum absolute atomic E-state index is 0.323. The minimum Gasteiger partial charge on any atom is -0.374 e. The average Bonchev–Trinajstić information content (AvgIpc) is 3.15. The zero-order valence-electron chi connectivity index (χ0n) is 11.0. The highest BCUT2D eigenvalue weighted by atomic mass is 16.6. The summed E-state index contributed by atoms with van der Waals surface area (Å²) in [6.45, 7) is 3.56. The Labute approximate surface area is 110 Å². The van der Waals surface area contributed by atoms with Crippen LogP contribution in [0.3, 0.4) is 0 Å². The summed E-state index contributed by atoms with van der Waals surface area (Å²) < 4.78 is 11.2. The topological polar surface area (TPSA) is 21.8 Å². The zero-order valence-corrected chi connectivity index (χ0v) is 11.0. The van der Waals surface area contributed by atoms with Crippen LogP contribution in [0.1, 0.15) is 31.7 Å². The molecule has 0 spiro atoms. The van der Waals surface area contributed by atoms with Crippen LogP contribution in [0.25, 0.3) is 0 Å². The smallest absolute Gasteiger partial charge is 0.107 e. The van der Waals surface area contributed by atoms with E-state index in [1.807, 2.05) is 18.2 Å². The number of allylic oxidation sites excluding steroid dienone is 2. The van der Waals surface area contributed by atoms with Crippen LogP contribution in [0.15, 0.2) is 42.5 Å². The predicted molar refractivity (Wildman–Crippen MR) is 73.4 cm³/mol. The molecule has 1 aromatic carbocycles. The molecule has 1 aliphatic heterocycles. The first-order valence-electron chi connectivity index (χ1n) is 6.82. The Balaban J connectivity index is 1.53. The van der Waals surface area contributed by atoms with Gasteiger partial charge in [0, 0.05) is 0 Å². The first-order chi connectivity index (χ1) is 8.90. The molecule has 0 saturated carbocycles. The Morgan fingerprint density at radius 1 is 1.17 bits per heavy atom. The lowest BCUT2D eigenvalue weighted by atomic mass is 10.2. The fraction of sp³-hybridized carbons (Fsp3) is 0.500. The number of hydrogen-bond acceptors (Lipinski definition) is 2. The van der Waals surface area contributed by atoms with Gasteiger partial charge in [0.2, 0.25) is 0 Å². The van der Waals surface area contributed by atoms with Crippen molar-refractivity contribution < 1.29 is 9.47 Å². The summed E-state index contributed by atoms with van der Waals surface area (Å²) in [4.78, 5) is 0. The van der Waals surface area contributed by atoms with Crippen LogP contribution in [0, 0.1) is 0 Å². The van der Waals surface area contributed by atoms with Crippen LogP contribution >= 0.6 is 0 Å². The fourth-order valence-corrected chi connectivity index (χ4v) is 1.99. The van der Waals surface area contributed by atoms with Crippen molar-refractivity contribution >= 4 is 0 Å². The van der Waals surface area contributed by atoms with Gasteiger partial charge in [-0.15, -0.1) is 0 Å². The van der Waals surface area contributed by atoms with Crippen LogP contribution in [-0.2, 0) is 16.1 Å². The third kappa shape index (κ3) is 4.63. The number of epoxide rings is 1. The van der Waals surface area contributed by atoms with Gasteiger partial charge in [0.05, 0.1) is 19.3 Å². The summed E-state index contributed by atoms with van der Waals surface area (Å²) in [5, 5.41) is 0. The second-order valence-corrected chi connectivity index (χ2v) is 4.67. The van der Waals surface area contributed by atoms with Crippen LogP contribution in [0.4, 0.5) is 0 Å². The van der Waals surface area contributed by atoms with Crippen molar-refractivity contribution in [3.8, 4) is 0 Å². The Bertz CT molecular complexity index is 359. The molecule has 1 aliphatic rings. The lowest BCUT2D eigenvalue weighted by molar-refractivity contribution is 0.104. The summed E-state index contributed by atoms with van der Waals surface area (Å²) in [7, 11) is 0. The van der Waals surface area contributed by atoms with Crippen LogP contribution in [0.5, 0.6) is 0 Å². The highest BCUT2D eigenvalue weighted by Gasteiger charge is 2.37. The normalized spacial score (nSPS) is 22.5. The second-order valence-electron chi connectivity index (χ2n) is 4.67. The van der Waals surface area contributed by atoms with Gasteiger partial charge < -0.3 is 9.47 Å². The molecule has 0 unspecified atom stereocenters. The number of hydrogen-bond donors (Lipinski definition) is 0. The number of ether oxygens (including phenoxy) is 2. The highest BCUT2D eigenvalue weighted by molar-refractivity contribution is 5.13. The zero-order chi connectivity index (χ0) is 12.6. The van der Waals surface area contributed by atoms with Gasteiger partial charge in [-0.1, -0.05) is 49.4 Å². The Kier molecular flexibility index (Phi) is 5.43. The molecule has 2 nitrogen and oxygen atoms in total. The molecular formula is C16H22O2. The first-order valence-corrected chi connectivity index (χ1v) is 6.82. The van der Waals surface area contributed by atoms with Crippen LogP contribution in [0.2, 0.25) is 0 Å². The summed E-state index contributed by atoms with van der Waals surface area (Å²) in [5.41, 5.74) is 1.22. The second kappa shape index (κ2) is 7.34. The van der Waals surface area contributed by atoms with Gasteiger partial charge in [0.15, 0.2) is 0 Å². The molecule has 1 heterocycles. The van der Waals surface area contributed by atoms with Gasteiger partial charge in [-0.2, -0.15) is 0 Å². The van der Waals surface area contributed by atoms with Crippen molar-refractivity contribution in [3.05, 3.63) is 48.0 Å². The van der Waals surface area contributed by atoms with Crippen molar-refractivity contribution in [1.82, 2.24) is 0 Å². The summed E-state index contributed by atoms with van der Waals surface area (Å²) in [5.74, 6) is 0. The first kappa shape index (κ1) is 13.3. The SMILES string of the molecule is CC/C=C\CC[C@@H]1O[C@H]1COCc1ccccc1. The molecule has 0 N–H and O–H groups in total. The van der Waals surface area contributed by atoms with E-state index in [9.17, 15) is 0 Å². The van der Waals surface area contributed by atoms with E-state index < -0.39 is 0 Å². The molecule has 0 amide bonds. The van der Waals surface area contributed by atoms with Crippen molar-refractivity contribution in [2.45, 2.75) is 45.0 Å².